The van der Waals surface area contributed by atoms with Gasteiger partial charge >= 0.3 is 0 Å². The molecule has 0 heterocycles. The fraction of sp³-hybridized carbons (Fsp3) is 0.400. The highest BCUT2D eigenvalue weighted by Crippen LogP contribution is 1.89. The molecule has 0 aromatic rings. The van der Waals surface area contributed by atoms with Crippen LogP contribution in [0.4, 0.5) is 0 Å². The second kappa shape index (κ2) is 5.28. The fourth-order valence-electron chi connectivity index (χ4n) is 0.267. The molecule has 0 unspecified atom stereocenters. The molecule has 0 spiro atoms. The molecule has 0 amide bonds. The van der Waals surface area contributed by atoms with Crippen molar-refractivity contribution in [2.75, 3.05) is 6.61 Å². The molecule has 0 fully saturated rings. The number of isothiocyanates is 1. The third-order valence-electron chi connectivity index (χ3n) is 0.520. The van der Waals surface area contributed by atoms with Crippen molar-refractivity contribution in [3.8, 4) is 0 Å². The van der Waals surface area contributed by atoms with Gasteiger partial charge in [0.05, 0.1) is 11.8 Å². The molecule has 3 nitrogen and oxygen atoms in total. The Morgan fingerprint density at radius 1 is 2.00 bits per heavy atom. The van der Waals surface area contributed by atoms with Gasteiger partial charge in [-0.1, -0.05) is 0 Å². The highest BCUT2D eigenvalue weighted by molar-refractivity contribution is 7.78. The van der Waals surface area contributed by atoms with Gasteiger partial charge in [0.1, 0.15) is 6.20 Å². The predicted molar refractivity (Wildman–Crippen MR) is 37.4 cm³/mol. The number of hydrogen-bond acceptors (Lipinski definition) is 4. The minimum atomic E-state index is -0.241. The van der Waals surface area contributed by atoms with E-state index >= 15 is 0 Å². The van der Waals surface area contributed by atoms with E-state index in [4.69, 9.17) is 5.11 Å². The minimum Gasteiger partial charge on any atom is -0.480 e. The van der Waals surface area contributed by atoms with Crippen LogP contribution in [0.3, 0.4) is 0 Å². The molecule has 0 aliphatic rings. The summed E-state index contributed by atoms with van der Waals surface area (Å²) in [5, 5.41) is 10.7. The van der Waals surface area contributed by atoms with E-state index < -0.39 is 0 Å². The molecule has 0 radical (unpaired) electrons. The van der Waals surface area contributed by atoms with Crippen LogP contribution in [0.15, 0.2) is 17.1 Å². The van der Waals surface area contributed by atoms with Crippen molar-refractivity contribution in [2.45, 2.75) is 6.92 Å². The van der Waals surface area contributed by atoms with Gasteiger partial charge in [0, 0.05) is 0 Å². The van der Waals surface area contributed by atoms with Crippen LogP contribution in [-0.4, -0.2) is 16.9 Å². The van der Waals surface area contributed by atoms with E-state index in [0.29, 0.717) is 6.61 Å². The zero-order valence-corrected chi connectivity index (χ0v) is 5.81. The number of rotatable bonds is 3. The Labute approximate surface area is 58.7 Å². The summed E-state index contributed by atoms with van der Waals surface area (Å²) < 4.78 is 4.58. The van der Waals surface area contributed by atoms with Crippen LogP contribution >= 0.6 is 12.2 Å². The third-order valence-corrected chi connectivity index (χ3v) is 0.625. The quantitative estimate of drug-likeness (QED) is 0.371. The first-order chi connectivity index (χ1) is 4.31. The molecule has 4 heteroatoms. The van der Waals surface area contributed by atoms with E-state index in [1.165, 1.54) is 0 Å². The lowest BCUT2D eigenvalue weighted by atomic mass is 10.8. The van der Waals surface area contributed by atoms with Crippen LogP contribution in [0.5, 0.6) is 0 Å². The van der Waals surface area contributed by atoms with Crippen LogP contribution in [0.25, 0.3) is 0 Å². The van der Waals surface area contributed by atoms with E-state index in [2.05, 4.69) is 21.9 Å². The van der Waals surface area contributed by atoms with Crippen molar-refractivity contribution in [1.29, 1.82) is 0 Å². The molecule has 0 aliphatic carbocycles. The van der Waals surface area contributed by atoms with Crippen molar-refractivity contribution in [2.24, 2.45) is 4.99 Å². The first kappa shape index (κ1) is 8.14. The van der Waals surface area contributed by atoms with Crippen molar-refractivity contribution >= 4 is 17.4 Å². The van der Waals surface area contributed by atoms with E-state index in [-0.39, 0.29) is 5.95 Å². The fourth-order valence-corrected chi connectivity index (χ4v) is 0.319. The van der Waals surface area contributed by atoms with Gasteiger partial charge in [0.15, 0.2) is 0 Å². The SMILES string of the molecule is CCO/C(O)=C/N=C=S. The number of ether oxygens (including phenoxy) is 1. The highest BCUT2D eigenvalue weighted by Gasteiger charge is 1.84. The first-order valence-electron chi connectivity index (χ1n) is 2.40. The van der Waals surface area contributed by atoms with Crippen LogP contribution in [0, 0.1) is 0 Å². The van der Waals surface area contributed by atoms with E-state index in [1.807, 2.05) is 5.16 Å². The van der Waals surface area contributed by atoms with Crippen LogP contribution in [0.2, 0.25) is 0 Å². The molecule has 0 saturated heterocycles. The Balaban J connectivity index is 3.68. The Kier molecular flexibility index (Phi) is 4.78. The number of aliphatic imine (C=N–C) groups is 1. The predicted octanol–water partition coefficient (Wildman–Crippen LogP) is 1.48. The number of nitrogens with zero attached hydrogens (tertiary/aromatic N) is 1. The Hall–Kier alpha value is -0.860. The van der Waals surface area contributed by atoms with Crippen LogP contribution in [-0.2, 0) is 4.74 Å². The second-order valence-electron chi connectivity index (χ2n) is 1.12. The van der Waals surface area contributed by atoms with Crippen molar-refractivity contribution < 1.29 is 9.84 Å². The molecule has 0 aromatic carbocycles. The standard InChI is InChI=1S/C5H7NO2S/c1-2-8-5(7)3-6-4-9/h3,7H,2H2,1H3/b5-3+. The smallest absolute Gasteiger partial charge is 0.296 e. The zero-order valence-electron chi connectivity index (χ0n) is 5.00. The average molecular weight is 145 g/mol. The summed E-state index contributed by atoms with van der Waals surface area (Å²) in [5.41, 5.74) is 0. The average Bonchev–Trinajstić information content (AvgIpc) is 1.85. The lowest BCUT2D eigenvalue weighted by Gasteiger charge is -1.95. The molecule has 0 saturated carbocycles. The van der Waals surface area contributed by atoms with Gasteiger partial charge in [0.25, 0.3) is 5.95 Å². The van der Waals surface area contributed by atoms with Crippen molar-refractivity contribution in [1.82, 2.24) is 0 Å². The normalized spacial score (nSPS) is 10.1. The number of thiocarbonyl (C=S) groups is 1. The topological polar surface area (TPSA) is 41.8 Å². The molecule has 1 N–H and O–H groups in total. The largest absolute Gasteiger partial charge is 0.480 e. The Morgan fingerprint density at radius 2 is 2.67 bits per heavy atom. The second-order valence-corrected chi connectivity index (χ2v) is 1.30. The lowest BCUT2D eigenvalue weighted by Crippen LogP contribution is -1.87. The maximum Gasteiger partial charge on any atom is 0.296 e. The number of hydrogen-bond donors (Lipinski definition) is 1. The lowest BCUT2D eigenvalue weighted by molar-refractivity contribution is 0.101. The molecule has 0 aromatic heterocycles. The number of aliphatic hydroxyl groups excluding tert-OH is 1. The summed E-state index contributed by atoms with van der Waals surface area (Å²) in [4.78, 5) is 3.32. The van der Waals surface area contributed by atoms with Gasteiger partial charge in [-0.15, -0.1) is 0 Å². The third kappa shape index (κ3) is 5.00. The van der Waals surface area contributed by atoms with Gasteiger partial charge in [-0.25, -0.2) is 0 Å². The summed E-state index contributed by atoms with van der Waals surface area (Å²) in [6.45, 7) is 2.17. The molecule has 0 atom stereocenters. The summed E-state index contributed by atoms with van der Waals surface area (Å²) in [6, 6.07) is 0. The van der Waals surface area contributed by atoms with Gasteiger partial charge < -0.3 is 9.84 Å². The molecular formula is C5H7NO2S. The minimum absolute atomic E-state index is 0.241. The van der Waals surface area contributed by atoms with Crippen molar-refractivity contribution in [3.63, 3.8) is 0 Å². The first-order valence-corrected chi connectivity index (χ1v) is 2.81. The maximum absolute atomic E-state index is 8.64. The van der Waals surface area contributed by atoms with Gasteiger partial charge in [-0.3, -0.25) is 0 Å². The van der Waals surface area contributed by atoms with Gasteiger partial charge in [-0.2, -0.15) is 4.99 Å². The van der Waals surface area contributed by atoms with E-state index in [9.17, 15) is 0 Å². The molecular weight excluding hydrogens is 138 g/mol. The maximum atomic E-state index is 8.64. The van der Waals surface area contributed by atoms with Gasteiger partial charge in [-0.05, 0) is 19.1 Å². The molecule has 0 rings (SSSR count). The monoisotopic (exact) mass is 145 g/mol. The zero-order chi connectivity index (χ0) is 7.11. The summed E-state index contributed by atoms with van der Waals surface area (Å²) in [5.74, 6) is -0.241. The Bertz CT molecular complexity index is 149. The molecule has 50 valence electrons. The van der Waals surface area contributed by atoms with Crippen LogP contribution in [0.1, 0.15) is 6.92 Å². The Morgan fingerprint density at radius 3 is 3.11 bits per heavy atom. The van der Waals surface area contributed by atoms with Crippen LogP contribution < -0.4 is 0 Å². The molecule has 9 heavy (non-hydrogen) atoms. The van der Waals surface area contributed by atoms with E-state index in [1.54, 1.807) is 6.92 Å². The summed E-state index contributed by atoms with van der Waals surface area (Å²) in [7, 11) is 0. The van der Waals surface area contributed by atoms with Gasteiger partial charge in [0.2, 0.25) is 0 Å². The van der Waals surface area contributed by atoms with Crippen molar-refractivity contribution in [3.05, 3.63) is 12.1 Å². The molecule has 0 aliphatic heterocycles. The van der Waals surface area contributed by atoms with E-state index in [0.717, 1.165) is 6.20 Å². The summed E-state index contributed by atoms with van der Waals surface area (Å²) >= 11 is 4.23. The summed E-state index contributed by atoms with van der Waals surface area (Å²) in [6.07, 6.45) is 1.09. The molecule has 0 bridgehead atoms. The number of aliphatic hydroxyl groups is 1. The highest BCUT2D eigenvalue weighted by atomic mass is 32.1.